The molecule has 20 heavy (non-hydrogen) atoms. The Morgan fingerprint density at radius 2 is 1.90 bits per heavy atom. The Balaban J connectivity index is 2.12. The number of hydrogen-bond donors (Lipinski definition) is 1. The summed E-state index contributed by atoms with van der Waals surface area (Å²) in [5.41, 5.74) is 1.24. The molecule has 2 nitrogen and oxygen atoms in total. The second kappa shape index (κ2) is 7.43. The highest BCUT2D eigenvalue weighted by molar-refractivity contribution is 14.1. The Morgan fingerprint density at radius 1 is 1.15 bits per heavy atom. The number of halogens is 2. The summed E-state index contributed by atoms with van der Waals surface area (Å²) in [6.45, 7) is 5.15. The minimum absolute atomic E-state index is 0.482. The van der Waals surface area contributed by atoms with Gasteiger partial charge in [0.25, 0.3) is 0 Å². The first-order valence-corrected chi connectivity index (χ1v) is 8.37. The zero-order chi connectivity index (χ0) is 14.5. The minimum Gasteiger partial charge on any atom is -0.455 e. The molecule has 106 valence electrons. The molecule has 0 atom stereocenters. The van der Waals surface area contributed by atoms with Crippen molar-refractivity contribution in [1.82, 2.24) is 5.32 Å². The maximum Gasteiger partial charge on any atom is 0.141 e. The third-order valence-corrected chi connectivity index (χ3v) is 4.28. The van der Waals surface area contributed by atoms with E-state index >= 15 is 0 Å². The molecule has 0 aliphatic rings. The Labute approximate surface area is 142 Å². The van der Waals surface area contributed by atoms with Crippen molar-refractivity contribution in [3.8, 4) is 11.5 Å². The minimum atomic E-state index is 0.482. The summed E-state index contributed by atoms with van der Waals surface area (Å²) in [6, 6.07) is 14.7. The highest BCUT2D eigenvalue weighted by Crippen LogP contribution is 2.32. The number of nitrogens with one attached hydrogen (secondary N) is 1. The average Bonchev–Trinajstić information content (AvgIpc) is 2.41. The van der Waals surface area contributed by atoms with Crippen molar-refractivity contribution in [2.75, 3.05) is 0 Å². The van der Waals surface area contributed by atoms with Crippen LogP contribution in [0.25, 0.3) is 0 Å². The third kappa shape index (κ3) is 4.46. The van der Waals surface area contributed by atoms with Crippen LogP contribution in [0.3, 0.4) is 0 Å². The molecule has 0 unspecified atom stereocenters. The van der Waals surface area contributed by atoms with Gasteiger partial charge in [-0.1, -0.05) is 32.0 Å². The molecule has 0 radical (unpaired) electrons. The van der Waals surface area contributed by atoms with Gasteiger partial charge >= 0.3 is 0 Å². The van der Waals surface area contributed by atoms with E-state index in [1.54, 1.807) is 0 Å². The molecular weight excluding hydrogens is 429 g/mol. The van der Waals surface area contributed by atoms with E-state index in [9.17, 15) is 0 Å². The van der Waals surface area contributed by atoms with Gasteiger partial charge in [-0.3, -0.25) is 0 Å². The molecule has 0 saturated carbocycles. The Kier molecular flexibility index (Phi) is 5.86. The first-order valence-electron chi connectivity index (χ1n) is 6.50. The van der Waals surface area contributed by atoms with E-state index in [1.807, 2.05) is 30.3 Å². The van der Waals surface area contributed by atoms with Crippen LogP contribution in [0.5, 0.6) is 11.5 Å². The maximum atomic E-state index is 5.95. The normalized spacial score (nSPS) is 10.8. The molecule has 2 rings (SSSR count). The zero-order valence-corrected chi connectivity index (χ0v) is 15.2. The van der Waals surface area contributed by atoms with Gasteiger partial charge in [-0.25, -0.2) is 0 Å². The molecule has 0 heterocycles. The molecule has 0 amide bonds. The number of rotatable bonds is 5. The molecule has 2 aromatic rings. The van der Waals surface area contributed by atoms with Crippen LogP contribution in [0.2, 0.25) is 0 Å². The van der Waals surface area contributed by atoms with E-state index < -0.39 is 0 Å². The molecular formula is C16H17BrINO. The van der Waals surface area contributed by atoms with Crippen molar-refractivity contribution in [3.05, 3.63) is 56.1 Å². The van der Waals surface area contributed by atoms with Gasteiger partial charge in [-0.15, -0.1) is 0 Å². The van der Waals surface area contributed by atoms with Crippen LogP contribution in [-0.4, -0.2) is 6.04 Å². The van der Waals surface area contributed by atoms with Crippen LogP contribution in [-0.2, 0) is 6.54 Å². The predicted molar refractivity (Wildman–Crippen MR) is 95.4 cm³/mol. The average molecular weight is 446 g/mol. The standard InChI is InChI=1S/C16H17BrINO/c1-11(2)19-10-12-7-8-15(13(17)9-12)20-16-6-4-3-5-14(16)18/h3-9,11,19H,10H2,1-2H3. The smallest absolute Gasteiger partial charge is 0.141 e. The maximum absolute atomic E-state index is 5.95. The van der Waals surface area contributed by atoms with Gasteiger partial charge in [0, 0.05) is 12.6 Å². The Bertz CT molecular complexity index is 586. The van der Waals surface area contributed by atoms with E-state index in [4.69, 9.17) is 4.74 Å². The second-order valence-corrected chi connectivity index (χ2v) is 6.85. The molecule has 2 aromatic carbocycles. The molecule has 0 aliphatic carbocycles. The summed E-state index contributed by atoms with van der Waals surface area (Å²) in [6.07, 6.45) is 0. The van der Waals surface area contributed by atoms with Gasteiger partial charge in [0.05, 0.1) is 8.04 Å². The van der Waals surface area contributed by atoms with Crippen LogP contribution in [0, 0.1) is 3.57 Å². The van der Waals surface area contributed by atoms with E-state index in [1.165, 1.54) is 5.56 Å². The lowest BCUT2D eigenvalue weighted by atomic mass is 10.2. The van der Waals surface area contributed by atoms with Crippen molar-refractivity contribution in [3.63, 3.8) is 0 Å². The van der Waals surface area contributed by atoms with E-state index in [2.05, 4.69) is 69.8 Å². The molecule has 0 saturated heterocycles. The highest BCUT2D eigenvalue weighted by atomic mass is 127. The number of benzene rings is 2. The molecule has 0 aromatic heterocycles. The van der Waals surface area contributed by atoms with Crippen molar-refractivity contribution in [2.45, 2.75) is 26.4 Å². The lowest BCUT2D eigenvalue weighted by molar-refractivity contribution is 0.475. The summed E-state index contributed by atoms with van der Waals surface area (Å²) in [7, 11) is 0. The fourth-order valence-corrected chi connectivity index (χ4v) is 2.71. The van der Waals surface area contributed by atoms with E-state index in [0.717, 1.165) is 26.1 Å². The SMILES string of the molecule is CC(C)NCc1ccc(Oc2ccccc2I)c(Br)c1. The monoisotopic (exact) mass is 445 g/mol. The fraction of sp³-hybridized carbons (Fsp3) is 0.250. The topological polar surface area (TPSA) is 21.3 Å². The summed E-state index contributed by atoms with van der Waals surface area (Å²) < 4.78 is 8.02. The summed E-state index contributed by atoms with van der Waals surface area (Å²) >= 11 is 5.86. The van der Waals surface area contributed by atoms with Gasteiger partial charge in [0.15, 0.2) is 0 Å². The lowest BCUT2D eigenvalue weighted by Crippen LogP contribution is -2.21. The van der Waals surface area contributed by atoms with Crippen LogP contribution < -0.4 is 10.1 Å². The molecule has 1 N–H and O–H groups in total. The fourth-order valence-electron chi connectivity index (χ4n) is 1.71. The summed E-state index contributed by atoms with van der Waals surface area (Å²) in [5, 5.41) is 3.40. The van der Waals surface area contributed by atoms with Gasteiger partial charge in [0.1, 0.15) is 11.5 Å². The van der Waals surface area contributed by atoms with Crippen LogP contribution in [0.4, 0.5) is 0 Å². The summed E-state index contributed by atoms with van der Waals surface area (Å²) in [4.78, 5) is 0. The Morgan fingerprint density at radius 3 is 2.55 bits per heavy atom. The number of para-hydroxylation sites is 1. The molecule has 0 fully saturated rings. The van der Waals surface area contributed by atoms with Gasteiger partial charge in [-0.2, -0.15) is 0 Å². The van der Waals surface area contributed by atoms with Crippen LogP contribution in [0.15, 0.2) is 46.9 Å². The largest absolute Gasteiger partial charge is 0.455 e. The number of hydrogen-bond acceptors (Lipinski definition) is 2. The Hall–Kier alpha value is -0.590. The lowest BCUT2D eigenvalue weighted by Gasteiger charge is -2.12. The van der Waals surface area contributed by atoms with Gasteiger partial charge < -0.3 is 10.1 Å². The third-order valence-electron chi connectivity index (χ3n) is 2.77. The van der Waals surface area contributed by atoms with E-state index in [-0.39, 0.29) is 0 Å². The van der Waals surface area contributed by atoms with Gasteiger partial charge in [-0.05, 0) is 68.3 Å². The van der Waals surface area contributed by atoms with Crippen molar-refractivity contribution in [2.24, 2.45) is 0 Å². The molecule has 0 aliphatic heterocycles. The van der Waals surface area contributed by atoms with Gasteiger partial charge in [0.2, 0.25) is 0 Å². The van der Waals surface area contributed by atoms with Crippen molar-refractivity contribution >= 4 is 38.5 Å². The first-order chi connectivity index (χ1) is 9.56. The van der Waals surface area contributed by atoms with Crippen LogP contribution in [0.1, 0.15) is 19.4 Å². The zero-order valence-electron chi connectivity index (χ0n) is 11.5. The second-order valence-electron chi connectivity index (χ2n) is 4.83. The molecule has 0 bridgehead atoms. The molecule has 0 spiro atoms. The predicted octanol–water partition coefficient (Wildman–Crippen LogP) is 5.34. The number of ether oxygens (including phenoxy) is 1. The van der Waals surface area contributed by atoms with Crippen molar-refractivity contribution < 1.29 is 4.74 Å². The quantitative estimate of drug-likeness (QED) is 0.627. The van der Waals surface area contributed by atoms with Crippen LogP contribution >= 0.6 is 38.5 Å². The summed E-state index contributed by atoms with van der Waals surface area (Å²) in [5.74, 6) is 1.71. The highest BCUT2D eigenvalue weighted by Gasteiger charge is 2.06. The molecule has 4 heteroatoms. The first kappa shape index (κ1) is 15.8. The van der Waals surface area contributed by atoms with Crippen molar-refractivity contribution in [1.29, 1.82) is 0 Å². The van der Waals surface area contributed by atoms with E-state index in [0.29, 0.717) is 6.04 Å².